The van der Waals surface area contributed by atoms with Gasteiger partial charge in [-0.2, -0.15) is 0 Å². The molecule has 0 amide bonds. The standard InChI is InChI=1S/C23H22/c1-16-8-9-17-18-10-13-22(2)15-20(22)21(18)23(19(17)14-16)11-6-4-3-5-7-12-23/h3-5,8-10,12-14,20H,6,11,15H2,1-2H3/b4-3-. The van der Waals surface area contributed by atoms with E-state index in [0.29, 0.717) is 5.41 Å². The highest BCUT2D eigenvalue weighted by molar-refractivity contribution is 5.89. The lowest BCUT2D eigenvalue weighted by molar-refractivity contribution is 0.528. The zero-order valence-electron chi connectivity index (χ0n) is 13.9. The predicted octanol–water partition coefficient (Wildman–Crippen LogP) is 5.66. The predicted molar refractivity (Wildman–Crippen MR) is 96.2 cm³/mol. The molecule has 0 nitrogen and oxygen atoms in total. The summed E-state index contributed by atoms with van der Waals surface area (Å²) in [5.74, 6) is 0.719. The first kappa shape index (κ1) is 13.4. The van der Waals surface area contributed by atoms with Gasteiger partial charge in [-0.05, 0) is 71.9 Å². The van der Waals surface area contributed by atoms with Gasteiger partial charge >= 0.3 is 0 Å². The van der Waals surface area contributed by atoms with Crippen molar-refractivity contribution in [2.45, 2.75) is 38.5 Å². The second-order valence-electron chi connectivity index (χ2n) is 7.89. The minimum atomic E-state index is 0.0606. The number of hydrogen-bond donors (Lipinski definition) is 0. The van der Waals surface area contributed by atoms with Crippen molar-refractivity contribution >= 4 is 5.57 Å². The smallest absolute Gasteiger partial charge is 0.0436 e. The van der Waals surface area contributed by atoms with E-state index in [0.717, 1.165) is 12.3 Å². The van der Waals surface area contributed by atoms with Gasteiger partial charge in [0.05, 0.1) is 0 Å². The molecule has 0 N–H and O–H groups in total. The van der Waals surface area contributed by atoms with Crippen LogP contribution in [0.15, 0.2) is 66.0 Å². The SMILES string of the molecule is Cc1ccc2c(c1)C1(C=C=C/C=C\CC1)C1=C2C=CC2(C)CC12. The van der Waals surface area contributed by atoms with Crippen molar-refractivity contribution in [2.75, 3.05) is 0 Å². The molecule has 0 saturated heterocycles. The third-order valence-corrected chi connectivity index (χ3v) is 6.34. The lowest BCUT2D eigenvalue weighted by Gasteiger charge is -2.32. The average Bonchev–Trinajstić information content (AvgIpc) is 3.12. The zero-order valence-corrected chi connectivity index (χ0v) is 13.9. The van der Waals surface area contributed by atoms with Crippen LogP contribution in [0.5, 0.6) is 0 Å². The van der Waals surface area contributed by atoms with Crippen LogP contribution in [0.2, 0.25) is 0 Å². The van der Waals surface area contributed by atoms with Crippen molar-refractivity contribution in [3.8, 4) is 0 Å². The Labute approximate surface area is 138 Å². The summed E-state index contributed by atoms with van der Waals surface area (Å²) in [4.78, 5) is 0. The van der Waals surface area contributed by atoms with Gasteiger partial charge in [0.25, 0.3) is 0 Å². The van der Waals surface area contributed by atoms with Crippen LogP contribution in [0.25, 0.3) is 5.57 Å². The number of allylic oxidation sites excluding steroid dienone is 7. The summed E-state index contributed by atoms with van der Waals surface area (Å²) in [5, 5.41) is 0. The van der Waals surface area contributed by atoms with Gasteiger partial charge in [-0.25, -0.2) is 0 Å². The zero-order chi connectivity index (χ0) is 15.7. The Morgan fingerprint density at radius 1 is 1.26 bits per heavy atom. The molecular formula is C23H22. The first-order chi connectivity index (χ1) is 11.1. The first-order valence-electron chi connectivity index (χ1n) is 8.78. The van der Waals surface area contributed by atoms with Crippen LogP contribution >= 0.6 is 0 Å². The van der Waals surface area contributed by atoms with Crippen LogP contribution in [-0.4, -0.2) is 0 Å². The largest absolute Gasteiger partial charge is 0.124 e. The van der Waals surface area contributed by atoms with Crippen LogP contribution in [-0.2, 0) is 5.41 Å². The van der Waals surface area contributed by atoms with E-state index in [1.54, 1.807) is 5.57 Å². The third kappa shape index (κ3) is 1.68. The quantitative estimate of drug-likeness (QED) is 0.542. The van der Waals surface area contributed by atoms with Crippen molar-refractivity contribution in [3.05, 3.63) is 82.6 Å². The maximum absolute atomic E-state index is 3.47. The molecule has 0 heteroatoms. The molecule has 0 bridgehead atoms. The van der Waals surface area contributed by atoms with Gasteiger partial charge in [-0.1, -0.05) is 55.0 Å². The first-order valence-corrected chi connectivity index (χ1v) is 8.78. The number of benzene rings is 1. The van der Waals surface area contributed by atoms with E-state index in [1.807, 2.05) is 0 Å². The Kier molecular flexibility index (Phi) is 2.49. The molecule has 5 rings (SSSR count). The number of fused-ring (bicyclic) bond motifs is 6. The summed E-state index contributed by atoms with van der Waals surface area (Å²) in [6.45, 7) is 4.63. The summed E-state index contributed by atoms with van der Waals surface area (Å²) in [6, 6.07) is 7.03. The summed E-state index contributed by atoms with van der Waals surface area (Å²) in [7, 11) is 0. The van der Waals surface area contributed by atoms with Crippen molar-refractivity contribution in [3.63, 3.8) is 0 Å². The fourth-order valence-electron chi connectivity index (χ4n) is 4.96. The van der Waals surface area contributed by atoms with E-state index >= 15 is 0 Å². The van der Waals surface area contributed by atoms with E-state index in [-0.39, 0.29) is 5.41 Å². The minimum Gasteiger partial charge on any atom is -0.124 e. The molecule has 1 aromatic rings. The highest BCUT2D eigenvalue weighted by Crippen LogP contribution is 2.68. The van der Waals surface area contributed by atoms with Gasteiger partial charge in [0.15, 0.2) is 0 Å². The summed E-state index contributed by atoms with van der Waals surface area (Å²) in [6.07, 6.45) is 17.3. The normalized spacial score (nSPS) is 37.2. The Morgan fingerprint density at radius 3 is 3.09 bits per heavy atom. The van der Waals surface area contributed by atoms with Crippen molar-refractivity contribution in [1.82, 2.24) is 0 Å². The fourth-order valence-corrected chi connectivity index (χ4v) is 4.96. The maximum atomic E-state index is 3.47. The number of rotatable bonds is 0. The molecule has 0 radical (unpaired) electrons. The van der Waals surface area contributed by atoms with Crippen molar-refractivity contribution in [2.24, 2.45) is 11.3 Å². The minimum absolute atomic E-state index is 0.0606. The van der Waals surface area contributed by atoms with Gasteiger partial charge < -0.3 is 0 Å². The van der Waals surface area contributed by atoms with Gasteiger partial charge in [0.1, 0.15) is 0 Å². The molecule has 114 valence electrons. The second kappa shape index (κ2) is 4.28. The molecule has 23 heavy (non-hydrogen) atoms. The molecule has 1 spiro atoms. The molecule has 3 atom stereocenters. The highest BCUT2D eigenvalue weighted by atomic mass is 14.6. The van der Waals surface area contributed by atoms with Crippen molar-refractivity contribution < 1.29 is 0 Å². The van der Waals surface area contributed by atoms with E-state index in [9.17, 15) is 0 Å². The van der Waals surface area contributed by atoms with Crippen LogP contribution in [0, 0.1) is 18.3 Å². The molecule has 4 aliphatic rings. The summed E-state index contributed by atoms with van der Waals surface area (Å²) in [5.41, 5.74) is 11.4. The van der Waals surface area contributed by atoms with Gasteiger partial charge in [-0.15, -0.1) is 5.73 Å². The molecule has 1 aromatic carbocycles. The van der Waals surface area contributed by atoms with Gasteiger partial charge in [0.2, 0.25) is 0 Å². The molecule has 0 aliphatic heterocycles. The lowest BCUT2D eigenvalue weighted by Crippen LogP contribution is -2.26. The Balaban J connectivity index is 1.81. The average molecular weight is 298 g/mol. The highest BCUT2D eigenvalue weighted by Gasteiger charge is 2.59. The third-order valence-electron chi connectivity index (χ3n) is 6.34. The number of aryl methyl sites for hydroxylation is 1. The second-order valence-corrected chi connectivity index (χ2v) is 7.89. The van der Waals surface area contributed by atoms with E-state index in [1.165, 1.54) is 35.1 Å². The van der Waals surface area contributed by atoms with Crippen LogP contribution in [0.1, 0.15) is 42.9 Å². The summed E-state index contributed by atoms with van der Waals surface area (Å²) >= 11 is 0. The number of hydrogen-bond acceptors (Lipinski definition) is 0. The molecule has 3 unspecified atom stereocenters. The van der Waals surface area contributed by atoms with E-state index < -0.39 is 0 Å². The van der Waals surface area contributed by atoms with Crippen LogP contribution in [0.3, 0.4) is 0 Å². The van der Waals surface area contributed by atoms with Crippen LogP contribution < -0.4 is 0 Å². The Bertz CT molecular complexity index is 869. The molecule has 1 fully saturated rings. The van der Waals surface area contributed by atoms with Gasteiger partial charge in [0, 0.05) is 5.41 Å². The Morgan fingerprint density at radius 2 is 2.17 bits per heavy atom. The molecule has 0 heterocycles. The molecule has 4 aliphatic carbocycles. The monoisotopic (exact) mass is 298 g/mol. The lowest BCUT2D eigenvalue weighted by atomic mass is 9.70. The molecule has 0 aromatic heterocycles. The van der Waals surface area contributed by atoms with Gasteiger partial charge in [-0.3, -0.25) is 0 Å². The maximum Gasteiger partial charge on any atom is 0.0436 e. The summed E-state index contributed by atoms with van der Waals surface area (Å²) < 4.78 is 0. The van der Waals surface area contributed by atoms with Crippen LogP contribution in [0.4, 0.5) is 0 Å². The fraction of sp³-hybridized carbons (Fsp3) is 0.348. The Hall–Kier alpha value is -2.04. The molecule has 1 saturated carbocycles. The van der Waals surface area contributed by atoms with E-state index in [4.69, 9.17) is 0 Å². The topological polar surface area (TPSA) is 0 Å². The van der Waals surface area contributed by atoms with Crippen molar-refractivity contribution in [1.29, 1.82) is 0 Å². The van der Waals surface area contributed by atoms with E-state index in [2.05, 4.69) is 74.2 Å². The molecular weight excluding hydrogens is 276 g/mol.